The zero-order chi connectivity index (χ0) is 13.7. The van der Waals surface area contributed by atoms with E-state index >= 15 is 0 Å². The maximum atomic E-state index is 11.6. The molecule has 1 heterocycles. The van der Waals surface area contributed by atoms with Gasteiger partial charge in [-0.15, -0.1) is 0 Å². The van der Waals surface area contributed by atoms with Crippen molar-refractivity contribution in [1.29, 1.82) is 0 Å². The van der Waals surface area contributed by atoms with Crippen LogP contribution in [0.15, 0.2) is 0 Å². The highest BCUT2D eigenvalue weighted by Gasteiger charge is 2.39. The first kappa shape index (κ1) is 14.9. The molecule has 0 bridgehead atoms. The molecule has 0 N–H and O–H groups in total. The summed E-state index contributed by atoms with van der Waals surface area (Å²) in [6.07, 6.45) is 5.74. The van der Waals surface area contributed by atoms with Crippen molar-refractivity contribution in [2.45, 2.75) is 38.6 Å². The average molecular weight is 269 g/mol. The zero-order valence-corrected chi connectivity index (χ0v) is 12.3. The molecule has 1 aliphatic carbocycles. The van der Waals surface area contributed by atoms with Gasteiger partial charge in [-0.25, -0.2) is 0 Å². The summed E-state index contributed by atoms with van der Waals surface area (Å²) in [6.45, 7) is 6.12. The molecule has 0 spiro atoms. The van der Waals surface area contributed by atoms with Gasteiger partial charge in [-0.05, 0) is 38.5 Å². The summed E-state index contributed by atoms with van der Waals surface area (Å²) >= 11 is 0. The topological polar surface area (TPSA) is 38.8 Å². The molecule has 110 valence electrons. The second kappa shape index (κ2) is 6.82. The largest absolute Gasteiger partial charge is 0.383 e. The van der Waals surface area contributed by atoms with Crippen LogP contribution in [0, 0.1) is 11.3 Å². The number of methoxy groups -OCH3 is 1. The fraction of sp³-hybridized carbons (Fsp3) is 0.933. The molecule has 1 aliphatic heterocycles. The van der Waals surface area contributed by atoms with Crippen molar-refractivity contribution >= 4 is 6.29 Å². The lowest BCUT2D eigenvalue weighted by Gasteiger charge is -2.39. The Morgan fingerprint density at radius 3 is 2.84 bits per heavy atom. The summed E-state index contributed by atoms with van der Waals surface area (Å²) in [5.41, 5.74) is -0.296. The SMILES string of the molecule is COCCN(CC1(C=O)CCCOC1)C(C)C1CC1. The number of carbonyl (C=O) groups is 1. The molecule has 0 aromatic carbocycles. The molecule has 1 saturated heterocycles. The van der Waals surface area contributed by atoms with Gasteiger partial charge in [0, 0.05) is 32.8 Å². The minimum absolute atomic E-state index is 0.296. The molecule has 0 amide bonds. The summed E-state index contributed by atoms with van der Waals surface area (Å²) in [5.74, 6) is 0.810. The lowest BCUT2D eigenvalue weighted by molar-refractivity contribution is -0.126. The normalized spacial score (nSPS) is 29.4. The fourth-order valence-electron chi connectivity index (χ4n) is 3.05. The molecule has 0 aromatic heterocycles. The molecule has 4 nitrogen and oxygen atoms in total. The average Bonchev–Trinajstić information content (AvgIpc) is 3.28. The molecule has 1 saturated carbocycles. The van der Waals surface area contributed by atoms with Gasteiger partial charge in [-0.1, -0.05) is 0 Å². The molecular formula is C15H27NO3. The Morgan fingerprint density at radius 1 is 1.53 bits per heavy atom. The van der Waals surface area contributed by atoms with Crippen LogP contribution in [0.5, 0.6) is 0 Å². The van der Waals surface area contributed by atoms with Crippen LogP contribution in [0.25, 0.3) is 0 Å². The molecule has 2 atom stereocenters. The van der Waals surface area contributed by atoms with E-state index in [2.05, 4.69) is 11.8 Å². The van der Waals surface area contributed by atoms with Gasteiger partial charge >= 0.3 is 0 Å². The van der Waals surface area contributed by atoms with E-state index in [1.54, 1.807) is 7.11 Å². The highest BCUT2D eigenvalue weighted by atomic mass is 16.5. The smallest absolute Gasteiger partial charge is 0.129 e. The third-order valence-electron chi connectivity index (χ3n) is 4.58. The number of rotatable bonds is 8. The first-order valence-corrected chi connectivity index (χ1v) is 7.48. The lowest BCUT2D eigenvalue weighted by atomic mass is 9.83. The highest BCUT2D eigenvalue weighted by Crippen LogP contribution is 2.37. The number of ether oxygens (including phenoxy) is 2. The number of carbonyl (C=O) groups excluding carboxylic acids is 1. The Kier molecular flexibility index (Phi) is 5.37. The second-order valence-electron chi connectivity index (χ2n) is 6.18. The van der Waals surface area contributed by atoms with E-state index in [1.165, 1.54) is 12.8 Å². The number of hydrogen-bond acceptors (Lipinski definition) is 4. The number of aldehydes is 1. The maximum Gasteiger partial charge on any atom is 0.129 e. The molecule has 2 rings (SSSR count). The van der Waals surface area contributed by atoms with E-state index in [9.17, 15) is 4.79 Å². The minimum atomic E-state index is -0.296. The third-order valence-corrected chi connectivity index (χ3v) is 4.58. The van der Waals surface area contributed by atoms with Crippen LogP contribution in [-0.4, -0.2) is 57.2 Å². The quantitative estimate of drug-likeness (QED) is 0.629. The van der Waals surface area contributed by atoms with Crippen molar-refractivity contribution < 1.29 is 14.3 Å². The summed E-state index contributed by atoms with van der Waals surface area (Å²) in [7, 11) is 1.74. The molecule has 4 heteroatoms. The predicted molar refractivity (Wildman–Crippen MR) is 74.2 cm³/mol. The Hall–Kier alpha value is -0.450. The Balaban J connectivity index is 1.97. The van der Waals surface area contributed by atoms with E-state index in [4.69, 9.17) is 9.47 Å². The van der Waals surface area contributed by atoms with Gasteiger partial charge < -0.3 is 14.3 Å². The van der Waals surface area contributed by atoms with Gasteiger partial charge in [-0.2, -0.15) is 0 Å². The van der Waals surface area contributed by atoms with Crippen molar-refractivity contribution in [2.24, 2.45) is 11.3 Å². The van der Waals surface area contributed by atoms with Gasteiger partial charge in [0.1, 0.15) is 6.29 Å². The van der Waals surface area contributed by atoms with Gasteiger partial charge in [0.15, 0.2) is 0 Å². The summed E-state index contributed by atoms with van der Waals surface area (Å²) in [6, 6.07) is 0.550. The van der Waals surface area contributed by atoms with E-state index in [-0.39, 0.29) is 5.41 Å². The van der Waals surface area contributed by atoms with Gasteiger partial charge in [0.25, 0.3) is 0 Å². The van der Waals surface area contributed by atoms with Crippen molar-refractivity contribution in [3.8, 4) is 0 Å². The Morgan fingerprint density at radius 2 is 2.32 bits per heavy atom. The predicted octanol–water partition coefficient (Wildman–Crippen LogP) is 1.73. The van der Waals surface area contributed by atoms with Crippen molar-refractivity contribution in [3.05, 3.63) is 0 Å². The van der Waals surface area contributed by atoms with Crippen LogP contribution in [0.2, 0.25) is 0 Å². The highest BCUT2D eigenvalue weighted by molar-refractivity contribution is 5.60. The Bertz CT molecular complexity index is 285. The van der Waals surface area contributed by atoms with Crippen LogP contribution in [0.4, 0.5) is 0 Å². The van der Waals surface area contributed by atoms with E-state index in [1.807, 2.05) is 0 Å². The van der Waals surface area contributed by atoms with Gasteiger partial charge in [0.2, 0.25) is 0 Å². The molecule has 2 aliphatic rings. The van der Waals surface area contributed by atoms with Crippen LogP contribution in [0.1, 0.15) is 32.6 Å². The van der Waals surface area contributed by atoms with Crippen LogP contribution in [0.3, 0.4) is 0 Å². The number of hydrogen-bond donors (Lipinski definition) is 0. The van der Waals surface area contributed by atoms with Crippen molar-refractivity contribution in [2.75, 3.05) is 40.0 Å². The summed E-state index contributed by atoms with van der Waals surface area (Å²) in [5, 5.41) is 0. The zero-order valence-electron chi connectivity index (χ0n) is 12.3. The molecule has 2 fully saturated rings. The van der Waals surface area contributed by atoms with Crippen LogP contribution >= 0.6 is 0 Å². The standard InChI is InChI=1S/C15H27NO3/c1-13(14-4-5-14)16(7-9-18-2)10-15(11-17)6-3-8-19-12-15/h11,13-14H,3-10,12H2,1-2H3. The first-order chi connectivity index (χ1) is 9.21. The molecule has 19 heavy (non-hydrogen) atoms. The Labute approximate surface area is 116 Å². The third kappa shape index (κ3) is 4.01. The minimum Gasteiger partial charge on any atom is -0.383 e. The van der Waals surface area contributed by atoms with Crippen LogP contribution < -0.4 is 0 Å². The molecule has 0 aromatic rings. The monoisotopic (exact) mass is 269 g/mol. The summed E-state index contributed by atoms with van der Waals surface area (Å²) < 4.78 is 10.8. The number of nitrogens with zero attached hydrogens (tertiary/aromatic N) is 1. The van der Waals surface area contributed by atoms with Gasteiger partial charge in [-0.3, -0.25) is 4.90 Å². The second-order valence-corrected chi connectivity index (χ2v) is 6.18. The van der Waals surface area contributed by atoms with E-state index < -0.39 is 0 Å². The fourth-order valence-corrected chi connectivity index (χ4v) is 3.05. The van der Waals surface area contributed by atoms with E-state index in [0.29, 0.717) is 12.6 Å². The van der Waals surface area contributed by atoms with E-state index in [0.717, 1.165) is 51.3 Å². The molecule has 0 radical (unpaired) electrons. The molecule has 2 unspecified atom stereocenters. The van der Waals surface area contributed by atoms with Crippen LogP contribution in [-0.2, 0) is 14.3 Å². The maximum absolute atomic E-state index is 11.6. The molecular weight excluding hydrogens is 242 g/mol. The lowest BCUT2D eigenvalue weighted by Crippen LogP contribution is -2.48. The van der Waals surface area contributed by atoms with Crippen molar-refractivity contribution in [3.63, 3.8) is 0 Å². The van der Waals surface area contributed by atoms with Crippen molar-refractivity contribution in [1.82, 2.24) is 4.90 Å². The first-order valence-electron chi connectivity index (χ1n) is 7.48. The summed E-state index contributed by atoms with van der Waals surface area (Å²) in [4.78, 5) is 14.0. The van der Waals surface area contributed by atoms with Gasteiger partial charge in [0.05, 0.1) is 18.6 Å².